The first kappa shape index (κ1) is 11.6. The van der Waals surface area contributed by atoms with E-state index in [0.717, 1.165) is 25.0 Å². The Balaban J connectivity index is 2.08. The van der Waals surface area contributed by atoms with E-state index in [4.69, 9.17) is 0 Å². The summed E-state index contributed by atoms with van der Waals surface area (Å²) in [6, 6.07) is 5.90. The number of rotatable bonds is 2. The van der Waals surface area contributed by atoms with E-state index < -0.39 is 5.60 Å². The van der Waals surface area contributed by atoms with E-state index in [1.807, 2.05) is 18.2 Å². The fourth-order valence-electron chi connectivity index (χ4n) is 2.95. The smallest absolute Gasteiger partial charge is 0.0708 e. The average Bonchev–Trinajstić information content (AvgIpc) is 2.16. The summed E-state index contributed by atoms with van der Waals surface area (Å²) < 4.78 is 0. The Morgan fingerprint density at radius 2 is 2.12 bits per heavy atom. The van der Waals surface area contributed by atoms with Crippen molar-refractivity contribution in [3.8, 4) is 0 Å². The van der Waals surface area contributed by atoms with Crippen molar-refractivity contribution in [2.75, 3.05) is 0 Å². The maximum atomic E-state index is 10.6. The van der Waals surface area contributed by atoms with Crippen LogP contribution in [0.3, 0.4) is 0 Å². The third kappa shape index (κ3) is 2.82. The van der Waals surface area contributed by atoms with Gasteiger partial charge in [0.25, 0.3) is 0 Å². The first-order valence-electron chi connectivity index (χ1n) is 6.12. The molecule has 2 heteroatoms. The monoisotopic (exact) mass is 219 g/mol. The molecular weight excluding hydrogens is 198 g/mol. The zero-order valence-corrected chi connectivity index (χ0v) is 10.2. The van der Waals surface area contributed by atoms with Gasteiger partial charge in [0, 0.05) is 18.3 Å². The van der Waals surface area contributed by atoms with Crippen molar-refractivity contribution in [3.05, 3.63) is 30.1 Å². The van der Waals surface area contributed by atoms with Crippen molar-refractivity contribution in [1.82, 2.24) is 4.98 Å². The predicted molar refractivity (Wildman–Crippen MR) is 65.1 cm³/mol. The molecule has 16 heavy (non-hydrogen) atoms. The Morgan fingerprint density at radius 3 is 2.75 bits per heavy atom. The average molecular weight is 219 g/mol. The van der Waals surface area contributed by atoms with Gasteiger partial charge in [-0.3, -0.25) is 4.98 Å². The van der Waals surface area contributed by atoms with Gasteiger partial charge in [0.15, 0.2) is 0 Å². The molecule has 1 fully saturated rings. The lowest BCUT2D eigenvalue weighted by atomic mass is 9.68. The van der Waals surface area contributed by atoms with E-state index in [1.54, 1.807) is 6.20 Å². The highest BCUT2D eigenvalue weighted by atomic mass is 16.3. The van der Waals surface area contributed by atoms with E-state index in [0.29, 0.717) is 6.42 Å². The Labute approximate surface area is 97.7 Å². The number of aliphatic hydroxyl groups is 1. The van der Waals surface area contributed by atoms with Gasteiger partial charge in [0.05, 0.1) is 5.60 Å². The van der Waals surface area contributed by atoms with Gasteiger partial charge < -0.3 is 5.11 Å². The first-order valence-corrected chi connectivity index (χ1v) is 6.12. The zero-order valence-electron chi connectivity index (χ0n) is 10.2. The minimum absolute atomic E-state index is 0.266. The summed E-state index contributed by atoms with van der Waals surface area (Å²) in [6.45, 7) is 4.49. The van der Waals surface area contributed by atoms with E-state index in [1.165, 1.54) is 6.42 Å². The molecule has 1 aliphatic carbocycles. The van der Waals surface area contributed by atoms with Crippen LogP contribution in [0.4, 0.5) is 0 Å². The van der Waals surface area contributed by atoms with Gasteiger partial charge in [-0.15, -0.1) is 0 Å². The maximum absolute atomic E-state index is 10.6. The standard InChI is InChI=1S/C14H21NO/c1-13(2)7-5-8-14(16,11-13)10-12-6-3-4-9-15-12/h3-4,6,9,16H,5,7-8,10-11H2,1-2H3. The Morgan fingerprint density at radius 1 is 1.31 bits per heavy atom. The van der Waals surface area contributed by atoms with Crippen LogP contribution in [-0.2, 0) is 6.42 Å². The summed E-state index contributed by atoms with van der Waals surface area (Å²) in [4.78, 5) is 4.31. The highest BCUT2D eigenvalue weighted by Crippen LogP contribution is 2.42. The third-order valence-corrected chi connectivity index (χ3v) is 3.54. The summed E-state index contributed by atoms with van der Waals surface area (Å²) in [6.07, 6.45) is 6.63. The molecule has 88 valence electrons. The fraction of sp³-hybridized carbons (Fsp3) is 0.643. The molecule has 1 heterocycles. The van der Waals surface area contributed by atoms with Crippen molar-refractivity contribution < 1.29 is 5.11 Å². The first-order chi connectivity index (χ1) is 7.49. The van der Waals surface area contributed by atoms with Crippen molar-refractivity contribution in [1.29, 1.82) is 0 Å². The molecule has 0 amide bonds. The lowest BCUT2D eigenvalue weighted by molar-refractivity contribution is -0.0388. The molecule has 1 aromatic rings. The lowest BCUT2D eigenvalue weighted by Crippen LogP contribution is -2.40. The molecule has 1 aromatic heterocycles. The summed E-state index contributed by atoms with van der Waals surface area (Å²) in [5.41, 5.74) is 0.723. The largest absolute Gasteiger partial charge is 0.389 e. The van der Waals surface area contributed by atoms with E-state index in [9.17, 15) is 5.11 Å². The molecule has 1 N–H and O–H groups in total. The Bertz CT molecular complexity index is 347. The predicted octanol–water partition coefficient (Wildman–Crippen LogP) is 2.96. The number of pyridine rings is 1. The van der Waals surface area contributed by atoms with Crippen LogP contribution < -0.4 is 0 Å². The van der Waals surface area contributed by atoms with Gasteiger partial charge >= 0.3 is 0 Å². The normalized spacial score (nSPS) is 28.9. The third-order valence-electron chi connectivity index (χ3n) is 3.54. The van der Waals surface area contributed by atoms with Crippen LogP contribution in [0.5, 0.6) is 0 Å². The zero-order chi connectivity index (χ0) is 11.6. The molecule has 0 radical (unpaired) electrons. The molecular formula is C14H21NO. The maximum Gasteiger partial charge on any atom is 0.0708 e. The van der Waals surface area contributed by atoms with Crippen molar-refractivity contribution >= 4 is 0 Å². The molecule has 2 rings (SSSR count). The van der Waals surface area contributed by atoms with E-state index in [2.05, 4.69) is 18.8 Å². The second kappa shape index (κ2) is 4.17. The van der Waals surface area contributed by atoms with Crippen molar-refractivity contribution in [2.24, 2.45) is 5.41 Å². The van der Waals surface area contributed by atoms with Crippen molar-refractivity contribution in [2.45, 2.75) is 51.6 Å². The minimum atomic E-state index is -0.546. The molecule has 0 aromatic carbocycles. The van der Waals surface area contributed by atoms with Gasteiger partial charge in [-0.1, -0.05) is 26.3 Å². The summed E-state index contributed by atoms with van der Waals surface area (Å²) in [7, 11) is 0. The molecule has 1 saturated carbocycles. The summed E-state index contributed by atoms with van der Waals surface area (Å²) in [5.74, 6) is 0. The van der Waals surface area contributed by atoms with Crippen molar-refractivity contribution in [3.63, 3.8) is 0 Å². The highest BCUT2D eigenvalue weighted by molar-refractivity contribution is 5.08. The van der Waals surface area contributed by atoms with Crippen LogP contribution in [0.2, 0.25) is 0 Å². The number of hydrogen-bond donors (Lipinski definition) is 1. The molecule has 1 unspecified atom stereocenters. The summed E-state index contributed by atoms with van der Waals surface area (Å²) in [5, 5.41) is 10.6. The number of nitrogens with zero attached hydrogens (tertiary/aromatic N) is 1. The van der Waals surface area contributed by atoms with Crippen LogP contribution in [0.15, 0.2) is 24.4 Å². The molecule has 1 atom stereocenters. The van der Waals surface area contributed by atoms with Crippen LogP contribution >= 0.6 is 0 Å². The number of hydrogen-bond acceptors (Lipinski definition) is 2. The molecule has 1 aliphatic rings. The van der Waals surface area contributed by atoms with Gasteiger partial charge in [-0.2, -0.15) is 0 Å². The van der Waals surface area contributed by atoms with Gasteiger partial charge in [-0.05, 0) is 36.8 Å². The summed E-state index contributed by atoms with van der Waals surface area (Å²) >= 11 is 0. The Hall–Kier alpha value is -0.890. The van der Waals surface area contributed by atoms with Crippen LogP contribution in [0, 0.1) is 5.41 Å². The fourth-order valence-corrected chi connectivity index (χ4v) is 2.95. The molecule has 0 bridgehead atoms. The van der Waals surface area contributed by atoms with Crippen LogP contribution in [0.25, 0.3) is 0 Å². The molecule has 0 aliphatic heterocycles. The Kier molecular flexibility index (Phi) is 3.02. The van der Waals surface area contributed by atoms with Crippen LogP contribution in [-0.4, -0.2) is 15.7 Å². The second-order valence-electron chi connectivity index (χ2n) is 5.92. The second-order valence-corrected chi connectivity index (χ2v) is 5.92. The minimum Gasteiger partial charge on any atom is -0.389 e. The molecule has 2 nitrogen and oxygen atoms in total. The van der Waals surface area contributed by atoms with Gasteiger partial charge in [0.2, 0.25) is 0 Å². The van der Waals surface area contributed by atoms with Gasteiger partial charge in [-0.25, -0.2) is 0 Å². The molecule has 0 saturated heterocycles. The lowest BCUT2D eigenvalue weighted by Gasteiger charge is -2.41. The SMILES string of the molecule is CC1(C)CCCC(O)(Cc2ccccn2)C1. The number of aromatic nitrogens is 1. The van der Waals surface area contributed by atoms with E-state index >= 15 is 0 Å². The quantitative estimate of drug-likeness (QED) is 0.829. The highest BCUT2D eigenvalue weighted by Gasteiger charge is 2.38. The van der Waals surface area contributed by atoms with E-state index in [-0.39, 0.29) is 5.41 Å². The van der Waals surface area contributed by atoms with Crippen LogP contribution in [0.1, 0.15) is 45.2 Å². The van der Waals surface area contributed by atoms with Gasteiger partial charge in [0.1, 0.15) is 0 Å². The molecule has 0 spiro atoms. The topological polar surface area (TPSA) is 33.1 Å².